The van der Waals surface area contributed by atoms with E-state index >= 15 is 0 Å². The number of rotatable bonds is 1. The molecule has 19 heavy (non-hydrogen) atoms. The van der Waals surface area contributed by atoms with Crippen LogP contribution in [-0.4, -0.2) is 28.7 Å². The summed E-state index contributed by atoms with van der Waals surface area (Å²) in [5.41, 5.74) is 7.71. The zero-order valence-corrected chi connectivity index (χ0v) is 10.2. The number of carbonyl (C=O) groups is 3. The van der Waals surface area contributed by atoms with Crippen LogP contribution in [0.3, 0.4) is 0 Å². The number of amides is 3. The van der Waals surface area contributed by atoms with Gasteiger partial charge in [-0.15, -0.1) is 0 Å². The highest BCUT2D eigenvalue weighted by Crippen LogP contribution is 2.30. The molecule has 0 spiro atoms. The van der Waals surface area contributed by atoms with E-state index < -0.39 is 11.9 Å². The van der Waals surface area contributed by atoms with E-state index in [0.29, 0.717) is 24.2 Å². The molecule has 1 aromatic carbocycles. The molecular weight excluding hydrogens is 249 g/mol. The predicted octanol–water partition coefficient (Wildman–Crippen LogP) is 0.0298. The van der Waals surface area contributed by atoms with Crippen molar-refractivity contribution < 1.29 is 14.4 Å². The molecule has 0 saturated carbocycles. The summed E-state index contributed by atoms with van der Waals surface area (Å²) in [6.07, 6.45) is 0.621. The lowest BCUT2D eigenvalue weighted by atomic mass is 10.1. The van der Waals surface area contributed by atoms with Crippen LogP contribution in [0.1, 0.15) is 28.8 Å². The number of nitrogens with zero attached hydrogens (tertiary/aromatic N) is 1. The first-order valence-corrected chi connectivity index (χ1v) is 6.10. The average molecular weight is 262 g/mol. The van der Waals surface area contributed by atoms with Crippen molar-refractivity contribution in [2.45, 2.75) is 25.4 Å². The summed E-state index contributed by atoms with van der Waals surface area (Å²) in [5.74, 6) is -0.891. The van der Waals surface area contributed by atoms with Crippen molar-refractivity contribution >= 4 is 23.4 Å². The van der Waals surface area contributed by atoms with Crippen molar-refractivity contribution in [3.8, 4) is 0 Å². The second-order valence-electron chi connectivity index (χ2n) is 4.77. The van der Waals surface area contributed by atoms with Crippen molar-refractivity contribution in [1.29, 1.82) is 0 Å². The van der Waals surface area contributed by atoms with Crippen LogP contribution in [0.2, 0.25) is 0 Å². The van der Waals surface area contributed by atoms with Crippen molar-refractivity contribution in [2.24, 2.45) is 0 Å². The SMILES string of the molecule is Nc1cccc2c1CN(C1[13CH2]C[13C](=O)N[13C]1=O)C2=O. The van der Waals surface area contributed by atoms with Crippen molar-refractivity contribution in [3.63, 3.8) is 0 Å². The number of hydrogen-bond acceptors (Lipinski definition) is 4. The minimum atomic E-state index is -0.586. The Bertz CT molecular complexity index is 597. The van der Waals surface area contributed by atoms with Crippen LogP contribution in [0.5, 0.6) is 0 Å². The number of piperidine rings is 1. The van der Waals surface area contributed by atoms with Crippen LogP contribution in [0.15, 0.2) is 18.2 Å². The lowest BCUT2D eigenvalue weighted by Gasteiger charge is -2.29. The summed E-state index contributed by atoms with van der Waals surface area (Å²) in [7, 11) is 0. The van der Waals surface area contributed by atoms with Gasteiger partial charge in [-0.05, 0) is 18.6 Å². The maximum atomic E-state index is 12.3. The average Bonchev–Trinajstić information content (AvgIpc) is 2.69. The number of hydrogen-bond donors (Lipinski definition) is 2. The molecular formula is C13H13N3O3. The van der Waals surface area contributed by atoms with Gasteiger partial charge in [0, 0.05) is 29.8 Å². The van der Waals surface area contributed by atoms with Crippen LogP contribution in [0.4, 0.5) is 5.69 Å². The third kappa shape index (κ3) is 1.76. The fourth-order valence-electron chi connectivity index (χ4n) is 2.61. The summed E-state index contributed by atoms with van der Waals surface area (Å²) in [6.45, 7) is 0.327. The number of fused-ring (bicyclic) bond motifs is 1. The van der Waals surface area contributed by atoms with Crippen LogP contribution in [0.25, 0.3) is 0 Å². The van der Waals surface area contributed by atoms with Gasteiger partial charge >= 0.3 is 0 Å². The van der Waals surface area contributed by atoms with Gasteiger partial charge in [-0.3, -0.25) is 19.7 Å². The molecule has 6 heteroatoms. The van der Waals surface area contributed by atoms with Gasteiger partial charge in [-0.1, -0.05) is 6.07 Å². The van der Waals surface area contributed by atoms with Crippen LogP contribution in [-0.2, 0) is 16.1 Å². The first kappa shape index (κ1) is 11.7. The van der Waals surface area contributed by atoms with Gasteiger partial charge in [-0.2, -0.15) is 0 Å². The smallest absolute Gasteiger partial charge is 0.255 e. The molecule has 0 radical (unpaired) electrons. The fourth-order valence-corrected chi connectivity index (χ4v) is 2.61. The Morgan fingerprint density at radius 3 is 2.74 bits per heavy atom. The number of benzene rings is 1. The molecule has 6 nitrogen and oxygen atoms in total. The molecule has 3 rings (SSSR count). The molecule has 1 unspecified atom stereocenters. The maximum Gasteiger partial charge on any atom is 0.255 e. The van der Waals surface area contributed by atoms with Crippen molar-refractivity contribution in [3.05, 3.63) is 29.3 Å². The molecule has 3 N–H and O–H groups in total. The van der Waals surface area contributed by atoms with Gasteiger partial charge in [-0.25, -0.2) is 0 Å². The van der Waals surface area contributed by atoms with E-state index in [0.717, 1.165) is 5.56 Å². The van der Waals surface area contributed by atoms with E-state index in [1.54, 1.807) is 18.2 Å². The van der Waals surface area contributed by atoms with Gasteiger partial charge < -0.3 is 10.6 Å². The molecule has 2 heterocycles. The molecule has 0 bridgehead atoms. The van der Waals surface area contributed by atoms with E-state index in [-0.39, 0.29) is 18.2 Å². The lowest BCUT2D eigenvalue weighted by Crippen LogP contribution is -2.52. The molecule has 0 aromatic heterocycles. The Morgan fingerprint density at radius 1 is 1.26 bits per heavy atom. The number of anilines is 1. The summed E-state index contributed by atoms with van der Waals surface area (Å²) in [5, 5.41) is 2.27. The van der Waals surface area contributed by atoms with Crippen LogP contribution in [0, 0.1) is 0 Å². The fraction of sp³-hybridized carbons (Fsp3) is 0.308. The van der Waals surface area contributed by atoms with Gasteiger partial charge in [0.05, 0.1) is 0 Å². The van der Waals surface area contributed by atoms with Gasteiger partial charge in [0.25, 0.3) is 5.91 Å². The zero-order chi connectivity index (χ0) is 13.6. The predicted molar refractivity (Wildman–Crippen MR) is 66.9 cm³/mol. The molecule has 1 fully saturated rings. The largest absolute Gasteiger partial charge is 0.398 e. The van der Waals surface area contributed by atoms with E-state index in [4.69, 9.17) is 5.73 Å². The third-order valence-corrected chi connectivity index (χ3v) is 3.62. The van der Waals surface area contributed by atoms with E-state index in [9.17, 15) is 14.4 Å². The third-order valence-electron chi connectivity index (χ3n) is 3.62. The van der Waals surface area contributed by atoms with E-state index in [2.05, 4.69) is 5.32 Å². The topological polar surface area (TPSA) is 92.5 Å². The van der Waals surface area contributed by atoms with Crippen molar-refractivity contribution in [2.75, 3.05) is 5.73 Å². The Morgan fingerprint density at radius 2 is 2.05 bits per heavy atom. The molecule has 2 aliphatic rings. The first-order chi connectivity index (χ1) is 9.08. The van der Waals surface area contributed by atoms with E-state index in [1.807, 2.05) is 0 Å². The van der Waals surface area contributed by atoms with Crippen LogP contribution < -0.4 is 11.1 Å². The number of nitrogens with two attached hydrogens (primary N) is 1. The first-order valence-electron chi connectivity index (χ1n) is 6.10. The Balaban J connectivity index is 1.90. The zero-order valence-electron chi connectivity index (χ0n) is 10.2. The normalized spacial score (nSPS) is 22.4. The summed E-state index contributed by atoms with van der Waals surface area (Å²) >= 11 is 0. The second kappa shape index (κ2) is 4.08. The minimum absolute atomic E-state index is 0.197. The Kier molecular flexibility index (Phi) is 2.51. The maximum absolute atomic E-state index is 12.3. The lowest BCUT2D eigenvalue weighted by molar-refractivity contribution is -0.136. The van der Waals surface area contributed by atoms with Crippen molar-refractivity contribution in [1.82, 2.24) is 10.2 Å². The molecule has 1 atom stereocenters. The monoisotopic (exact) mass is 262 g/mol. The summed E-state index contributed by atoms with van der Waals surface area (Å²) in [4.78, 5) is 36.7. The number of imide groups is 1. The highest BCUT2D eigenvalue weighted by molar-refractivity contribution is 6.06. The van der Waals surface area contributed by atoms with Gasteiger partial charge in [0.2, 0.25) is 11.8 Å². The Hall–Kier alpha value is -2.37. The molecule has 1 aromatic rings. The number of nitrogens with one attached hydrogen (secondary N) is 1. The molecule has 98 valence electrons. The molecule has 0 aliphatic carbocycles. The van der Waals surface area contributed by atoms with Gasteiger partial charge in [0.15, 0.2) is 0 Å². The standard InChI is InChI=1S/C13H13N3O3/c14-9-3-1-2-7-8(9)6-16(13(7)19)10-4-5-11(17)15-12(10)18/h1-3,10H,4-6,14H2,(H,15,17,18)/i4+1,11+1,12+1. The Labute approximate surface area is 109 Å². The summed E-state index contributed by atoms with van der Waals surface area (Å²) in [6, 6.07) is 4.58. The minimum Gasteiger partial charge on any atom is -0.398 e. The number of nitrogen functional groups attached to an aromatic ring is 1. The van der Waals surface area contributed by atoms with Gasteiger partial charge in [0.1, 0.15) is 6.04 Å². The molecule has 2 aliphatic heterocycles. The molecule has 1 saturated heterocycles. The summed E-state index contributed by atoms with van der Waals surface area (Å²) < 4.78 is 0. The highest BCUT2D eigenvalue weighted by atomic mass is 16.2. The van der Waals surface area contributed by atoms with Crippen LogP contribution >= 0.6 is 0 Å². The number of carbonyl (C=O) groups excluding carboxylic acids is 3. The quantitative estimate of drug-likeness (QED) is 0.424. The highest BCUT2D eigenvalue weighted by Gasteiger charge is 2.39. The van der Waals surface area contributed by atoms with E-state index in [1.165, 1.54) is 4.90 Å². The second-order valence-corrected chi connectivity index (χ2v) is 4.77. The molecule has 3 amide bonds.